The number of nitrogens with zero attached hydrogens (tertiary/aromatic N) is 2. The molecule has 1 N–H and O–H groups in total. The lowest BCUT2D eigenvalue weighted by atomic mass is 10.2. The summed E-state index contributed by atoms with van der Waals surface area (Å²) in [5.41, 5.74) is 0. The lowest BCUT2D eigenvalue weighted by molar-refractivity contribution is -0.134. The largest absolute Gasteiger partial charge is 0.339 e. The van der Waals surface area contributed by atoms with Crippen molar-refractivity contribution >= 4 is 27.3 Å². The van der Waals surface area contributed by atoms with Gasteiger partial charge in [-0.25, -0.2) is 8.42 Å². The zero-order chi connectivity index (χ0) is 16.6. The molecule has 2 saturated heterocycles. The molecule has 1 aromatic heterocycles. The Labute approximate surface area is 141 Å². The van der Waals surface area contributed by atoms with Crippen LogP contribution in [0.3, 0.4) is 0 Å². The van der Waals surface area contributed by atoms with Crippen LogP contribution in [0.5, 0.6) is 0 Å². The van der Waals surface area contributed by atoms with Crippen molar-refractivity contribution in [1.29, 1.82) is 0 Å². The van der Waals surface area contributed by atoms with Gasteiger partial charge in [0.25, 0.3) is 0 Å². The maximum atomic E-state index is 12.8. The van der Waals surface area contributed by atoms with Crippen LogP contribution in [0.4, 0.5) is 0 Å². The first-order valence-corrected chi connectivity index (χ1v) is 10.2. The monoisotopic (exact) mass is 357 g/mol. The highest BCUT2D eigenvalue weighted by atomic mass is 32.2. The van der Waals surface area contributed by atoms with Crippen molar-refractivity contribution in [2.24, 2.45) is 0 Å². The van der Waals surface area contributed by atoms with E-state index in [1.165, 1.54) is 15.6 Å². The van der Waals surface area contributed by atoms with Crippen LogP contribution in [-0.2, 0) is 14.8 Å². The number of nitrogens with one attached hydrogen (secondary N) is 1. The molecule has 0 aromatic carbocycles. The minimum Gasteiger partial charge on any atom is -0.339 e. The average Bonchev–Trinajstić information content (AvgIpc) is 3.16. The summed E-state index contributed by atoms with van der Waals surface area (Å²) in [7, 11) is -3.45. The number of thiophene rings is 1. The number of piperazine rings is 1. The maximum absolute atomic E-state index is 12.8. The second-order valence-corrected chi connectivity index (χ2v) is 9.52. The third-order valence-corrected chi connectivity index (χ3v) is 7.64. The van der Waals surface area contributed by atoms with Crippen molar-refractivity contribution < 1.29 is 13.2 Å². The Balaban J connectivity index is 1.66. The average molecular weight is 358 g/mol. The van der Waals surface area contributed by atoms with Crippen molar-refractivity contribution in [3.63, 3.8) is 0 Å². The Hall–Kier alpha value is -0.960. The molecular formula is C15H23N3O3S2. The molecule has 1 aromatic rings. The number of aryl methyl sites for hydroxylation is 2. The van der Waals surface area contributed by atoms with Crippen LogP contribution in [-0.4, -0.2) is 62.3 Å². The molecule has 2 aliphatic rings. The molecule has 0 aliphatic carbocycles. The van der Waals surface area contributed by atoms with Crippen LogP contribution >= 0.6 is 11.3 Å². The smallest absolute Gasteiger partial charge is 0.244 e. The molecule has 1 amide bonds. The van der Waals surface area contributed by atoms with Gasteiger partial charge in [-0.2, -0.15) is 4.31 Å². The van der Waals surface area contributed by atoms with Gasteiger partial charge in [-0.15, -0.1) is 11.3 Å². The Morgan fingerprint density at radius 2 is 1.96 bits per heavy atom. The number of amides is 1. The maximum Gasteiger partial charge on any atom is 0.244 e. The first-order valence-electron chi connectivity index (χ1n) is 7.99. The van der Waals surface area contributed by atoms with Crippen molar-refractivity contribution in [2.75, 3.05) is 32.7 Å². The Kier molecular flexibility index (Phi) is 4.78. The topological polar surface area (TPSA) is 69.7 Å². The summed E-state index contributed by atoms with van der Waals surface area (Å²) in [6, 6.07) is 1.66. The van der Waals surface area contributed by atoms with E-state index in [0.717, 1.165) is 29.1 Å². The molecule has 128 valence electrons. The highest BCUT2D eigenvalue weighted by Gasteiger charge is 2.34. The predicted octanol–water partition coefficient (Wildman–Crippen LogP) is 0.950. The van der Waals surface area contributed by atoms with Crippen LogP contribution in [0.1, 0.15) is 22.6 Å². The molecule has 3 heterocycles. The van der Waals surface area contributed by atoms with Crippen LogP contribution < -0.4 is 5.32 Å². The molecular weight excluding hydrogens is 334 g/mol. The van der Waals surface area contributed by atoms with E-state index in [4.69, 9.17) is 0 Å². The Bertz CT molecular complexity index is 685. The molecule has 1 atom stereocenters. The van der Waals surface area contributed by atoms with Crippen molar-refractivity contribution in [3.05, 3.63) is 15.8 Å². The number of sulfonamides is 1. The molecule has 6 nitrogen and oxygen atoms in total. The van der Waals surface area contributed by atoms with E-state index in [2.05, 4.69) is 5.32 Å². The van der Waals surface area contributed by atoms with Crippen molar-refractivity contribution in [1.82, 2.24) is 14.5 Å². The van der Waals surface area contributed by atoms with E-state index in [0.29, 0.717) is 31.1 Å². The lowest BCUT2D eigenvalue weighted by Gasteiger charge is -2.35. The summed E-state index contributed by atoms with van der Waals surface area (Å²) < 4.78 is 27.0. The number of carbonyl (C=O) groups excluding carboxylic acids is 1. The third-order valence-electron chi connectivity index (χ3n) is 4.52. The highest BCUT2D eigenvalue weighted by molar-refractivity contribution is 7.89. The van der Waals surface area contributed by atoms with E-state index in [9.17, 15) is 13.2 Å². The van der Waals surface area contributed by atoms with Gasteiger partial charge < -0.3 is 10.2 Å². The van der Waals surface area contributed by atoms with Gasteiger partial charge >= 0.3 is 0 Å². The summed E-state index contributed by atoms with van der Waals surface area (Å²) in [6.07, 6.45) is 1.91. The fourth-order valence-corrected chi connectivity index (χ4v) is 6.21. The second kappa shape index (κ2) is 6.51. The second-order valence-electron chi connectivity index (χ2n) is 6.16. The van der Waals surface area contributed by atoms with E-state index in [-0.39, 0.29) is 11.9 Å². The quantitative estimate of drug-likeness (QED) is 0.874. The van der Waals surface area contributed by atoms with Gasteiger partial charge in [-0.3, -0.25) is 4.79 Å². The van der Waals surface area contributed by atoms with E-state index in [1.807, 2.05) is 13.8 Å². The predicted molar refractivity (Wildman–Crippen MR) is 90.2 cm³/mol. The number of carbonyl (C=O) groups is 1. The summed E-state index contributed by atoms with van der Waals surface area (Å²) in [5, 5.41) is 3.21. The molecule has 8 heteroatoms. The first kappa shape index (κ1) is 16.9. The minimum absolute atomic E-state index is 0.0834. The summed E-state index contributed by atoms with van der Waals surface area (Å²) in [5.74, 6) is 0.113. The summed E-state index contributed by atoms with van der Waals surface area (Å²) in [6.45, 7) is 6.33. The molecule has 0 bridgehead atoms. The van der Waals surface area contributed by atoms with Gasteiger partial charge in [-0.05, 0) is 39.3 Å². The van der Waals surface area contributed by atoms with Gasteiger partial charge in [0.2, 0.25) is 15.9 Å². The zero-order valence-corrected chi connectivity index (χ0v) is 15.2. The molecule has 0 spiro atoms. The lowest BCUT2D eigenvalue weighted by Crippen LogP contribution is -2.54. The zero-order valence-electron chi connectivity index (χ0n) is 13.5. The first-order chi connectivity index (χ1) is 10.9. The molecule has 0 radical (unpaired) electrons. The fourth-order valence-electron chi connectivity index (χ4n) is 3.27. The van der Waals surface area contributed by atoms with E-state index >= 15 is 0 Å². The summed E-state index contributed by atoms with van der Waals surface area (Å²) >= 11 is 1.50. The summed E-state index contributed by atoms with van der Waals surface area (Å²) in [4.78, 5) is 16.4. The van der Waals surface area contributed by atoms with Gasteiger partial charge in [0, 0.05) is 35.9 Å². The fraction of sp³-hybridized carbons (Fsp3) is 0.667. The molecule has 3 rings (SSSR count). The molecule has 1 unspecified atom stereocenters. The third kappa shape index (κ3) is 3.31. The van der Waals surface area contributed by atoms with E-state index in [1.54, 1.807) is 11.0 Å². The van der Waals surface area contributed by atoms with Crippen LogP contribution in [0, 0.1) is 13.8 Å². The van der Waals surface area contributed by atoms with Crippen molar-refractivity contribution in [2.45, 2.75) is 37.6 Å². The van der Waals surface area contributed by atoms with Crippen LogP contribution in [0.25, 0.3) is 0 Å². The van der Waals surface area contributed by atoms with Gasteiger partial charge in [0.1, 0.15) is 0 Å². The van der Waals surface area contributed by atoms with Gasteiger partial charge in [-0.1, -0.05) is 0 Å². The Morgan fingerprint density at radius 3 is 2.48 bits per heavy atom. The molecule has 0 saturated carbocycles. The number of hydrogen-bond acceptors (Lipinski definition) is 5. The standard InChI is InChI=1S/C15H23N3O3S2/c1-11-10-14(12(2)22-11)23(20,21)18-8-6-17(7-9-18)15(19)13-4-3-5-16-13/h10,13,16H,3-9H2,1-2H3. The minimum atomic E-state index is -3.45. The SMILES string of the molecule is Cc1cc(S(=O)(=O)N2CCN(C(=O)C3CCCN3)CC2)c(C)s1. The van der Waals surface area contributed by atoms with Crippen molar-refractivity contribution in [3.8, 4) is 0 Å². The normalized spacial score (nSPS) is 23.4. The number of rotatable bonds is 3. The van der Waals surface area contributed by atoms with Crippen LogP contribution in [0.15, 0.2) is 11.0 Å². The Morgan fingerprint density at radius 1 is 1.26 bits per heavy atom. The highest BCUT2D eigenvalue weighted by Crippen LogP contribution is 2.28. The molecule has 2 aliphatic heterocycles. The van der Waals surface area contributed by atoms with Gasteiger partial charge in [0.15, 0.2) is 0 Å². The molecule has 2 fully saturated rings. The van der Waals surface area contributed by atoms with Crippen LogP contribution in [0.2, 0.25) is 0 Å². The van der Waals surface area contributed by atoms with E-state index < -0.39 is 10.0 Å². The molecule has 23 heavy (non-hydrogen) atoms. The number of hydrogen-bond donors (Lipinski definition) is 1. The van der Waals surface area contributed by atoms with Gasteiger partial charge in [0.05, 0.1) is 10.9 Å².